The minimum atomic E-state index is -0.433. The van der Waals surface area contributed by atoms with Crippen LogP contribution in [0.2, 0.25) is 0 Å². The molecule has 8 nitrogen and oxygen atoms in total. The van der Waals surface area contributed by atoms with Crippen molar-refractivity contribution >= 4 is 39.0 Å². The highest BCUT2D eigenvalue weighted by molar-refractivity contribution is 7.98. The Hall–Kier alpha value is -3.47. The van der Waals surface area contributed by atoms with Gasteiger partial charge < -0.3 is 9.47 Å². The standard InChI is InChI=1S/C24H19N3O5S2/c1-2-8-26-23(28)22-19(11-20(34-22)15-6-4-3-5-7-15)25-24(26)33-13-17-10-18(27(29)30)9-16-12-31-14-32-21(16)17/h2-7,9-11H,1,8,12-14H2. The number of aromatic nitrogens is 2. The van der Waals surface area contributed by atoms with Crippen molar-refractivity contribution in [1.82, 2.24) is 9.55 Å². The maximum atomic E-state index is 13.3. The topological polar surface area (TPSA) is 96.5 Å². The number of ether oxygens (including phenoxy) is 2. The molecule has 1 aliphatic heterocycles. The molecule has 0 atom stereocenters. The molecule has 0 saturated heterocycles. The van der Waals surface area contributed by atoms with Crippen molar-refractivity contribution in [2.24, 2.45) is 0 Å². The summed E-state index contributed by atoms with van der Waals surface area (Å²) in [4.78, 5) is 30.0. The number of benzene rings is 2. The molecule has 0 fully saturated rings. The molecule has 2 aromatic heterocycles. The normalized spacial score (nSPS) is 12.8. The molecule has 0 spiro atoms. The average Bonchev–Trinajstić information content (AvgIpc) is 3.29. The number of rotatable bonds is 7. The number of hydrogen-bond donors (Lipinski definition) is 0. The summed E-state index contributed by atoms with van der Waals surface area (Å²) in [5.41, 5.74) is 2.78. The molecule has 172 valence electrons. The summed E-state index contributed by atoms with van der Waals surface area (Å²) in [6, 6.07) is 14.8. The van der Waals surface area contributed by atoms with Gasteiger partial charge >= 0.3 is 0 Å². The molecule has 10 heteroatoms. The lowest BCUT2D eigenvalue weighted by Crippen LogP contribution is -2.22. The van der Waals surface area contributed by atoms with Crippen molar-refractivity contribution < 1.29 is 14.4 Å². The Labute approximate surface area is 202 Å². The fraction of sp³-hybridized carbons (Fsp3) is 0.167. The summed E-state index contributed by atoms with van der Waals surface area (Å²) < 4.78 is 13.1. The maximum absolute atomic E-state index is 13.3. The Morgan fingerprint density at radius 1 is 1.26 bits per heavy atom. The van der Waals surface area contributed by atoms with Gasteiger partial charge in [0.05, 0.1) is 17.0 Å². The summed E-state index contributed by atoms with van der Waals surface area (Å²) in [7, 11) is 0. The zero-order valence-corrected chi connectivity index (χ0v) is 19.6. The lowest BCUT2D eigenvalue weighted by molar-refractivity contribution is -0.385. The average molecular weight is 494 g/mol. The lowest BCUT2D eigenvalue weighted by Gasteiger charge is -2.20. The molecule has 0 N–H and O–H groups in total. The van der Waals surface area contributed by atoms with Crippen LogP contribution in [-0.2, 0) is 23.6 Å². The monoisotopic (exact) mass is 493 g/mol. The largest absolute Gasteiger partial charge is 0.467 e. The minimum Gasteiger partial charge on any atom is -0.467 e. The second kappa shape index (κ2) is 9.41. The number of hydrogen-bond acceptors (Lipinski definition) is 8. The third-order valence-electron chi connectivity index (χ3n) is 5.31. The first kappa shape index (κ1) is 22.3. The predicted octanol–water partition coefficient (Wildman–Crippen LogP) is 5.38. The van der Waals surface area contributed by atoms with Gasteiger partial charge in [-0.15, -0.1) is 17.9 Å². The van der Waals surface area contributed by atoms with Gasteiger partial charge in [-0.2, -0.15) is 0 Å². The molecule has 1 aliphatic rings. The molecule has 0 bridgehead atoms. The van der Waals surface area contributed by atoms with Gasteiger partial charge in [-0.3, -0.25) is 19.5 Å². The highest BCUT2D eigenvalue weighted by Crippen LogP contribution is 2.37. The van der Waals surface area contributed by atoms with Crippen molar-refractivity contribution in [2.75, 3.05) is 6.79 Å². The number of non-ortho nitro benzene ring substituents is 1. The SMILES string of the molecule is C=CCn1c(SCc2cc([N+](=O)[O-])cc3c2OCOC3)nc2cc(-c3ccccc3)sc2c1=O. The number of fused-ring (bicyclic) bond motifs is 2. The molecule has 0 unspecified atom stereocenters. The quantitative estimate of drug-likeness (QED) is 0.112. The first-order valence-corrected chi connectivity index (χ1v) is 12.2. The zero-order chi connectivity index (χ0) is 23.7. The molecule has 5 rings (SSSR count). The summed E-state index contributed by atoms with van der Waals surface area (Å²) >= 11 is 2.75. The molecular weight excluding hydrogens is 474 g/mol. The molecule has 4 aromatic rings. The number of allylic oxidation sites excluding steroid dienone is 1. The second-order valence-electron chi connectivity index (χ2n) is 7.54. The summed E-state index contributed by atoms with van der Waals surface area (Å²) in [6.45, 7) is 4.42. The van der Waals surface area contributed by atoms with Crippen molar-refractivity contribution in [2.45, 2.75) is 24.1 Å². The van der Waals surface area contributed by atoms with E-state index in [1.165, 1.54) is 35.2 Å². The van der Waals surface area contributed by atoms with E-state index in [9.17, 15) is 14.9 Å². The van der Waals surface area contributed by atoms with Gasteiger partial charge in [-0.05, 0) is 11.6 Å². The van der Waals surface area contributed by atoms with E-state index in [0.717, 1.165) is 10.4 Å². The van der Waals surface area contributed by atoms with E-state index in [0.29, 0.717) is 44.5 Å². The predicted molar refractivity (Wildman–Crippen MR) is 132 cm³/mol. The Balaban J connectivity index is 1.54. The molecule has 0 radical (unpaired) electrons. The summed E-state index contributed by atoms with van der Waals surface area (Å²) in [5, 5.41) is 11.9. The Bertz CT molecular complexity index is 1460. The third-order valence-corrected chi connectivity index (χ3v) is 7.49. The van der Waals surface area contributed by atoms with Crippen LogP contribution in [0.3, 0.4) is 0 Å². The Kier molecular flexibility index (Phi) is 6.18. The van der Waals surface area contributed by atoms with E-state index >= 15 is 0 Å². The maximum Gasteiger partial charge on any atom is 0.272 e. The fourth-order valence-electron chi connectivity index (χ4n) is 3.77. The number of nitro groups is 1. The molecular formula is C24H19N3O5S2. The summed E-state index contributed by atoms with van der Waals surface area (Å²) in [6.07, 6.45) is 1.65. The van der Waals surface area contributed by atoms with Crippen LogP contribution in [0.5, 0.6) is 5.75 Å². The summed E-state index contributed by atoms with van der Waals surface area (Å²) in [5.74, 6) is 0.930. The number of thioether (sulfide) groups is 1. The second-order valence-corrected chi connectivity index (χ2v) is 9.53. The first-order valence-electron chi connectivity index (χ1n) is 10.4. The van der Waals surface area contributed by atoms with Gasteiger partial charge in [0.25, 0.3) is 11.2 Å². The van der Waals surface area contributed by atoms with E-state index in [1.54, 1.807) is 10.6 Å². The van der Waals surface area contributed by atoms with E-state index in [-0.39, 0.29) is 24.6 Å². The van der Waals surface area contributed by atoms with Gasteiger partial charge in [0.2, 0.25) is 0 Å². The fourth-order valence-corrected chi connectivity index (χ4v) is 5.80. The molecule has 34 heavy (non-hydrogen) atoms. The van der Waals surface area contributed by atoms with Crippen LogP contribution >= 0.6 is 23.1 Å². The van der Waals surface area contributed by atoms with Gasteiger partial charge in [-0.25, -0.2) is 4.98 Å². The molecule has 0 aliphatic carbocycles. The highest BCUT2D eigenvalue weighted by Gasteiger charge is 2.22. The van der Waals surface area contributed by atoms with Crippen LogP contribution in [-0.4, -0.2) is 21.3 Å². The molecule has 2 aromatic carbocycles. The van der Waals surface area contributed by atoms with E-state index in [1.807, 2.05) is 36.4 Å². The van der Waals surface area contributed by atoms with E-state index in [4.69, 9.17) is 14.5 Å². The third kappa shape index (κ3) is 4.23. The number of nitro benzene ring substituents is 1. The van der Waals surface area contributed by atoms with Crippen LogP contribution in [0, 0.1) is 10.1 Å². The van der Waals surface area contributed by atoms with Gasteiger partial charge in [0.15, 0.2) is 11.9 Å². The van der Waals surface area contributed by atoms with Crippen molar-refractivity contribution in [3.8, 4) is 16.2 Å². The van der Waals surface area contributed by atoms with Gasteiger partial charge in [0.1, 0.15) is 10.4 Å². The van der Waals surface area contributed by atoms with Crippen LogP contribution < -0.4 is 10.3 Å². The number of nitrogens with zero attached hydrogens (tertiary/aromatic N) is 3. The van der Waals surface area contributed by atoms with Crippen LogP contribution in [0.25, 0.3) is 20.7 Å². The smallest absolute Gasteiger partial charge is 0.272 e. The van der Waals surface area contributed by atoms with E-state index in [2.05, 4.69) is 6.58 Å². The van der Waals surface area contributed by atoms with Crippen LogP contribution in [0.1, 0.15) is 11.1 Å². The van der Waals surface area contributed by atoms with Gasteiger partial charge in [-0.1, -0.05) is 48.2 Å². The minimum absolute atomic E-state index is 0.0271. The molecule has 0 saturated carbocycles. The highest BCUT2D eigenvalue weighted by atomic mass is 32.2. The first-order chi connectivity index (χ1) is 16.5. The van der Waals surface area contributed by atoms with E-state index < -0.39 is 4.92 Å². The zero-order valence-electron chi connectivity index (χ0n) is 17.9. The van der Waals surface area contributed by atoms with Gasteiger partial charge in [0, 0.05) is 40.4 Å². The van der Waals surface area contributed by atoms with Crippen molar-refractivity contribution in [3.63, 3.8) is 0 Å². The Morgan fingerprint density at radius 2 is 2.09 bits per heavy atom. The van der Waals surface area contributed by atoms with Crippen molar-refractivity contribution in [1.29, 1.82) is 0 Å². The van der Waals surface area contributed by atoms with Crippen molar-refractivity contribution in [3.05, 3.63) is 92.8 Å². The molecule has 0 amide bonds. The molecule has 3 heterocycles. The van der Waals surface area contributed by atoms with Crippen LogP contribution in [0.4, 0.5) is 5.69 Å². The Morgan fingerprint density at radius 3 is 2.85 bits per heavy atom. The lowest BCUT2D eigenvalue weighted by atomic mass is 10.1. The number of thiophene rings is 1. The van der Waals surface area contributed by atoms with Crippen LogP contribution in [0.15, 0.2) is 71.1 Å².